The topological polar surface area (TPSA) is 83.9 Å². The Kier molecular flexibility index (Phi) is 4.45. The minimum atomic E-state index is -1.18. The SMILES string of the molecule is CCC1(CC)CC(=O)N(CC(OC)C(=O)O)C1=O. The molecule has 0 spiro atoms. The summed E-state index contributed by atoms with van der Waals surface area (Å²) >= 11 is 0. The molecule has 102 valence electrons. The standard InChI is InChI=1S/C12H19NO5/c1-4-12(5-2)6-9(14)13(11(12)17)7-8(18-3)10(15)16/h8H,4-7H2,1-3H3,(H,15,16). The smallest absolute Gasteiger partial charge is 0.334 e. The Morgan fingerprint density at radius 1 is 1.44 bits per heavy atom. The maximum Gasteiger partial charge on any atom is 0.334 e. The molecule has 6 nitrogen and oxygen atoms in total. The maximum atomic E-state index is 12.2. The molecule has 1 saturated heterocycles. The van der Waals surface area contributed by atoms with Gasteiger partial charge in [-0.3, -0.25) is 14.5 Å². The molecule has 1 aliphatic heterocycles. The average Bonchev–Trinajstić information content (AvgIpc) is 2.58. The zero-order chi connectivity index (χ0) is 13.9. The summed E-state index contributed by atoms with van der Waals surface area (Å²) in [5.74, 6) is -1.77. The van der Waals surface area contributed by atoms with Crippen LogP contribution < -0.4 is 0 Å². The molecule has 0 aromatic heterocycles. The highest BCUT2D eigenvalue weighted by atomic mass is 16.5. The summed E-state index contributed by atoms with van der Waals surface area (Å²) in [4.78, 5) is 36.0. The van der Waals surface area contributed by atoms with Crippen molar-refractivity contribution in [1.29, 1.82) is 0 Å². The van der Waals surface area contributed by atoms with Crippen molar-refractivity contribution in [2.75, 3.05) is 13.7 Å². The Hall–Kier alpha value is -1.43. The molecular formula is C12H19NO5. The third-order valence-corrected chi connectivity index (χ3v) is 3.75. The molecule has 1 N–H and O–H groups in total. The van der Waals surface area contributed by atoms with Gasteiger partial charge in [0, 0.05) is 13.5 Å². The number of amides is 2. The molecule has 0 aliphatic carbocycles. The van der Waals surface area contributed by atoms with E-state index in [1.54, 1.807) is 0 Å². The Morgan fingerprint density at radius 3 is 2.33 bits per heavy atom. The van der Waals surface area contributed by atoms with E-state index in [1.807, 2.05) is 13.8 Å². The second-order valence-corrected chi connectivity index (χ2v) is 4.54. The number of imide groups is 1. The van der Waals surface area contributed by atoms with Crippen LogP contribution in [0.15, 0.2) is 0 Å². The fraction of sp³-hybridized carbons (Fsp3) is 0.750. The lowest BCUT2D eigenvalue weighted by Crippen LogP contribution is -2.43. The van der Waals surface area contributed by atoms with E-state index in [1.165, 1.54) is 7.11 Å². The number of likely N-dealkylation sites (tertiary alicyclic amines) is 1. The van der Waals surface area contributed by atoms with Gasteiger partial charge in [-0.2, -0.15) is 0 Å². The van der Waals surface area contributed by atoms with Crippen molar-refractivity contribution in [3.05, 3.63) is 0 Å². The summed E-state index contributed by atoms with van der Waals surface area (Å²) in [6.07, 6.45) is 0.154. The number of hydrogen-bond donors (Lipinski definition) is 1. The lowest BCUT2D eigenvalue weighted by molar-refractivity contribution is -0.153. The van der Waals surface area contributed by atoms with E-state index in [2.05, 4.69) is 0 Å². The van der Waals surface area contributed by atoms with E-state index in [9.17, 15) is 14.4 Å². The first-order valence-electron chi connectivity index (χ1n) is 6.02. The highest BCUT2D eigenvalue weighted by Gasteiger charge is 2.49. The molecule has 1 heterocycles. The van der Waals surface area contributed by atoms with Gasteiger partial charge >= 0.3 is 5.97 Å². The molecule has 0 bridgehead atoms. The summed E-state index contributed by atoms with van der Waals surface area (Å²) < 4.78 is 4.76. The number of carbonyl (C=O) groups excluding carboxylic acids is 2. The van der Waals surface area contributed by atoms with Crippen molar-refractivity contribution in [3.8, 4) is 0 Å². The second-order valence-electron chi connectivity index (χ2n) is 4.54. The average molecular weight is 257 g/mol. The minimum absolute atomic E-state index is 0.162. The molecule has 6 heteroatoms. The Morgan fingerprint density at radius 2 is 2.00 bits per heavy atom. The fourth-order valence-electron chi connectivity index (χ4n) is 2.27. The van der Waals surface area contributed by atoms with Crippen LogP contribution in [-0.4, -0.2) is 47.5 Å². The van der Waals surface area contributed by atoms with Gasteiger partial charge in [-0.25, -0.2) is 4.79 Å². The van der Waals surface area contributed by atoms with Gasteiger partial charge in [-0.05, 0) is 12.8 Å². The van der Waals surface area contributed by atoms with Crippen molar-refractivity contribution in [2.45, 2.75) is 39.2 Å². The molecule has 1 rings (SSSR count). The van der Waals surface area contributed by atoms with Crippen LogP contribution >= 0.6 is 0 Å². The maximum absolute atomic E-state index is 12.2. The molecule has 1 atom stereocenters. The van der Waals surface area contributed by atoms with Gasteiger partial charge in [0.2, 0.25) is 11.8 Å². The van der Waals surface area contributed by atoms with Gasteiger partial charge in [-0.1, -0.05) is 13.8 Å². The predicted molar refractivity (Wildman–Crippen MR) is 62.8 cm³/mol. The number of ether oxygens (including phenoxy) is 1. The number of nitrogens with zero attached hydrogens (tertiary/aromatic N) is 1. The summed E-state index contributed by atoms with van der Waals surface area (Å²) in [5, 5.41) is 8.88. The first kappa shape index (κ1) is 14.6. The number of carbonyl (C=O) groups is 3. The van der Waals surface area contributed by atoms with Crippen molar-refractivity contribution in [3.63, 3.8) is 0 Å². The van der Waals surface area contributed by atoms with E-state index >= 15 is 0 Å². The minimum Gasteiger partial charge on any atom is -0.479 e. The highest BCUT2D eigenvalue weighted by Crippen LogP contribution is 2.39. The van der Waals surface area contributed by atoms with Crippen molar-refractivity contribution in [2.24, 2.45) is 5.41 Å². The highest BCUT2D eigenvalue weighted by molar-refractivity contribution is 6.06. The van der Waals surface area contributed by atoms with Gasteiger partial charge in [0.15, 0.2) is 6.10 Å². The number of aliphatic carboxylic acids is 1. The number of hydrogen-bond acceptors (Lipinski definition) is 4. The zero-order valence-electron chi connectivity index (χ0n) is 10.9. The molecule has 0 aromatic carbocycles. The first-order valence-corrected chi connectivity index (χ1v) is 6.02. The number of carboxylic acids is 1. The van der Waals surface area contributed by atoms with Gasteiger partial charge in [0.05, 0.1) is 12.0 Å². The largest absolute Gasteiger partial charge is 0.479 e. The summed E-state index contributed by atoms with van der Waals surface area (Å²) in [7, 11) is 1.25. The third kappa shape index (κ3) is 2.38. The van der Waals surface area contributed by atoms with Crippen molar-refractivity contribution >= 4 is 17.8 Å². The molecule has 0 aromatic rings. The van der Waals surface area contributed by atoms with Crippen molar-refractivity contribution in [1.82, 2.24) is 4.90 Å². The van der Waals surface area contributed by atoms with Crippen LogP contribution in [0.25, 0.3) is 0 Å². The predicted octanol–water partition coefficient (Wildman–Crippen LogP) is 0.651. The Labute approximate surface area is 106 Å². The fourth-order valence-corrected chi connectivity index (χ4v) is 2.27. The van der Waals surface area contributed by atoms with E-state index in [0.717, 1.165) is 4.90 Å². The number of methoxy groups -OCH3 is 1. The summed E-state index contributed by atoms with van der Waals surface area (Å²) in [6.45, 7) is 3.51. The van der Waals surface area contributed by atoms with Crippen LogP contribution in [0.1, 0.15) is 33.1 Å². The molecule has 0 saturated carbocycles. The summed E-state index contributed by atoms with van der Waals surface area (Å²) in [5.41, 5.74) is -0.659. The lowest BCUT2D eigenvalue weighted by Gasteiger charge is -2.24. The van der Waals surface area contributed by atoms with Crippen LogP contribution in [0.4, 0.5) is 0 Å². The van der Waals surface area contributed by atoms with Crippen LogP contribution in [0, 0.1) is 5.41 Å². The monoisotopic (exact) mass is 257 g/mol. The molecule has 18 heavy (non-hydrogen) atoms. The second kappa shape index (κ2) is 5.48. The summed E-state index contributed by atoms with van der Waals surface area (Å²) in [6, 6.07) is 0. The molecular weight excluding hydrogens is 238 g/mol. The number of rotatable bonds is 6. The van der Waals surface area contributed by atoms with Crippen molar-refractivity contribution < 1.29 is 24.2 Å². The molecule has 1 aliphatic rings. The molecule has 1 unspecified atom stereocenters. The normalized spacial score (nSPS) is 20.3. The quantitative estimate of drug-likeness (QED) is 0.706. The molecule has 1 fully saturated rings. The lowest BCUT2D eigenvalue weighted by atomic mass is 9.81. The Bertz CT molecular complexity index is 361. The van der Waals surface area contributed by atoms with E-state index in [0.29, 0.717) is 12.8 Å². The third-order valence-electron chi connectivity index (χ3n) is 3.75. The van der Waals surface area contributed by atoms with Crippen LogP contribution in [0.2, 0.25) is 0 Å². The van der Waals surface area contributed by atoms with Crippen LogP contribution in [0.5, 0.6) is 0 Å². The van der Waals surface area contributed by atoms with E-state index < -0.39 is 17.5 Å². The van der Waals surface area contributed by atoms with Gasteiger partial charge in [0.25, 0.3) is 0 Å². The van der Waals surface area contributed by atoms with E-state index in [4.69, 9.17) is 9.84 Å². The van der Waals surface area contributed by atoms with Crippen LogP contribution in [0.3, 0.4) is 0 Å². The zero-order valence-corrected chi connectivity index (χ0v) is 10.9. The van der Waals surface area contributed by atoms with E-state index in [-0.39, 0.29) is 24.8 Å². The van der Waals surface area contributed by atoms with Gasteiger partial charge in [-0.15, -0.1) is 0 Å². The van der Waals surface area contributed by atoms with Crippen LogP contribution in [-0.2, 0) is 19.1 Å². The number of carboxylic acid groups (broad SMARTS) is 1. The van der Waals surface area contributed by atoms with Gasteiger partial charge in [0.1, 0.15) is 0 Å². The first-order chi connectivity index (χ1) is 8.41. The van der Waals surface area contributed by atoms with Gasteiger partial charge < -0.3 is 9.84 Å². The molecule has 0 radical (unpaired) electrons. The molecule has 2 amide bonds. The Balaban J connectivity index is 2.88.